The first-order valence-electron chi connectivity index (χ1n) is 7.27. The summed E-state index contributed by atoms with van der Waals surface area (Å²) in [5.41, 5.74) is 0.314. The fourth-order valence-corrected chi connectivity index (χ4v) is 4.33. The molecule has 20 heavy (non-hydrogen) atoms. The average Bonchev–Trinajstić information content (AvgIpc) is 3.12. The molecule has 2 aliphatic carbocycles. The summed E-state index contributed by atoms with van der Waals surface area (Å²) in [4.78, 5) is 0. The second kappa shape index (κ2) is 5.25. The lowest BCUT2D eigenvalue weighted by molar-refractivity contribution is -0.137. The molecule has 1 aromatic rings. The normalized spacial score (nSPS) is 30.7. The van der Waals surface area contributed by atoms with Crippen LogP contribution < -0.4 is 0 Å². The molecule has 2 aliphatic rings. The fraction of sp³-hybridized carbons (Fsp3) is 0.625. The van der Waals surface area contributed by atoms with Crippen LogP contribution in [-0.2, 0) is 12.6 Å². The van der Waals surface area contributed by atoms with Crippen molar-refractivity contribution in [3.8, 4) is 0 Å². The van der Waals surface area contributed by atoms with Crippen molar-refractivity contribution in [1.82, 2.24) is 0 Å². The molecule has 4 heteroatoms. The number of benzene rings is 1. The molecule has 110 valence electrons. The molecule has 0 aromatic heterocycles. The molecule has 3 rings (SSSR count). The van der Waals surface area contributed by atoms with E-state index >= 15 is 0 Å². The maximum absolute atomic E-state index is 12.5. The van der Waals surface area contributed by atoms with Crippen molar-refractivity contribution in [3.63, 3.8) is 0 Å². The van der Waals surface area contributed by atoms with Crippen molar-refractivity contribution in [1.29, 1.82) is 0 Å². The molecule has 2 fully saturated rings. The molecule has 2 saturated carbocycles. The van der Waals surface area contributed by atoms with Crippen LogP contribution in [0.15, 0.2) is 24.3 Å². The summed E-state index contributed by atoms with van der Waals surface area (Å²) < 4.78 is 37.5. The monoisotopic (exact) mass is 302 g/mol. The first kappa shape index (κ1) is 14.2. The van der Waals surface area contributed by atoms with Gasteiger partial charge in [-0.1, -0.05) is 25.0 Å². The van der Waals surface area contributed by atoms with Gasteiger partial charge >= 0.3 is 6.18 Å². The second-order valence-corrected chi connectivity index (χ2v) is 6.66. The first-order valence-corrected chi connectivity index (χ1v) is 7.70. The van der Waals surface area contributed by atoms with Crippen LogP contribution in [0.3, 0.4) is 0 Å². The van der Waals surface area contributed by atoms with Crippen molar-refractivity contribution >= 4 is 11.6 Å². The van der Waals surface area contributed by atoms with Crippen LogP contribution in [0.4, 0.5) is 13.2 Å². The number of hydrogen-bond acceptors (Lipinski definition) is 0. The summed E-state index contributed by atoms with van der Waals surface area (Å²) in [6.07, 6.45) is 1.60. The zero-order valence-electron chi connectivity index (χ0n) is 11.2. The molecule has 3 atom stereocenters. The minimum atomic E-state index is -4.26. The van der Waals surface area contributed by atoms with Gasteiger partial charge in [0, 0.05) is 5.38 Å². The number of hydrogen-bond donors (Lipinski definition) is 0. The van der Waals surface area contributed by atoms with Gasteiger partial charge in [-0.15, -0.1) is 11.6 Å². The number of rotatable bonds is 3. The molecule has 0 bridgehead atoms. The Morgan fingerprint density at radius 1 is 1.05 bits per heavy atom. The van der Waals surface area contributed by atoms with Gasteiger partial charge in [0.15, 0.2) is 0 Å². The molecule has 0 heterocycles. The molecule has 0 saturated heterocycles. The molecule has 0 nitrogen and oxygen atoms in total. The van der Waals surface area contributed by atoms with Crippen LogP contribution in [0, 0.1) is 17.8 Å². The Labute approximate surface area is 122 Å². The van der Waals surface area contributed by atoms with Crippen molar-refractivity contribution in [2.45, 2.75) is 43.7 Å². The van der Waals surface area contributed by atoms with E-state index in [1.807, 2.05) is 0 Å². The lowest BCUT2D eigenvalue weighted by Gasteiger charge is -2.11. The van der Waals surface area contributed by atoms with Gasteiger partial charge < -0.3 is 0 Å². The third kappa shape index (κ3) is 2.83. The maximum atomic E-state index is 12.5. The standard InChI is InChI=1S/C16H18ClF3/c17-14(15-12-3-1-2-4-13(12)15)9-10-5-7-11(8-6-10)16(18,19)20/h5-8,12-15H,1-4,9H2. The van der Waals surface area contributed by atoms with E-state index in [0.717, 1.165) is 29.5 Å². The lowest BCUT2D eigenvalue weighted by atomic mass is 10.0. The predicted molar refractivity (Wildman–Crippen MR) is 73.7 cm³/mol. The minimum absolute atomic E-state index is 0.0693. The summed E-state index contributed by atoms with van der Waals surface area (Å²) in [6.45, 7) is 0. The van der Waals surface area contributed by atoms with Gasteiger partial charge in [0.2, 0.25) is 0 Å². The summed E-state index contributed by atoms with van der Waals surface area (Å²) >= 11 is 6.50. The SMILES string of the molecule is FC(F)(F)c1ccc(CC(Cl)C2C3CCCCC32)cc1. The summed E-state index contributed by atoms with van der Waals surface area (Å²) in [7, 11) is 0. The highest BCUT2D eigenvalue weighted by Crippen LogP contribution is 2.58. The Hall–Kier alpha value is -0.700. The van der Waals surface area contributed by atoms with E-state index in [0.29, 0.717) is 12.3 Å². The van der Waals surface area contributed by atoms with Gasteiger partial charge in [-0.2, -0.15) is 13.2 Å². The Balaban J connectivity index is 1.60. The van der Waals surface area contributed by atoms with Crippen LogP contribution in [0.25, 0.3) is 0 Å². The highest BCUT2D eigenvalue weighted by molar-refractivity contribution is 6.21. The van der Waals surface area contributed by atoms with Crippen LogP contribution in [0.2, 0.25) is 0 Å². The largest absolute Gasteiger partial charge is 0.416 e. The Bertz CT molecular complexity index is 454. The number of fused-ring (bicyclic) bond motifs is 1. The van der Waals surface area contributed by atoms with Gasteiger partial charge in [-0.3, -0.25) is 0 Å². The third-order valence-electron chi connectivity index (χ3n) is 4.85. The van der Waals surface area contributed by atoms with Crippen LogP contribution >= 0.6 is 11.6 Å². The smallest absolute Gasteiger partial charge is 0.166 e. The Kier molecular flexibility index (Phi) is 3.74. The molecular weight excluding hydrogens is 285 g/mol. The van der Waals surface area contributed by atoms with Crippen LogP contribution in [0.1, 0.15) is 36.8 Å². The number of halogens is 4. The van der Waals surface area contributed by atoms with E-state index in [1.54, 1.807) is 12.1 Å². The van der Waals surface area contributed by atoms with Gasteiger partial charge in [-0.05, 0) is 54.7 Å². The van der Waals surface area contributed by atoms with Crippen molar-refractivity contribution < 1.29 is 13.2 Å². The highest BCUT2D eigenvalue weighted by Gasteiger charge is 2.53. The van der Waals surface area contributed by atoms with E-state index in [-0.39, 0.29) is 5.38 Å². The summed E-state index contributed by atoms with van der Waals surface area (Å²) in [5, 5.41) is 0.0693. The van der Waals surface area contributed by atoms with Gasteiger partial charge in [0.05, 0.1) is 5.56 Å². The molecular formula is C16H18ClF3. The van der Waals surface area contributed by atoms with Gasteiger partial charge in [0.1, 0.15) is 0 Å². The summed E-state index contributed by atoms with van der Waals surface area (Å²) in [5.74, 6) is 2.14. The van der Waals surface area contributed by atoms with Crippen LogP contribution in [0.5, 0.6) is 0 Å². The third-order valence-corrected chi connectivity index (χ3v) is 5.30. The number of alkyl halides is 4. The molecule has 0 aliphatic heterocycles. The van der Waals surface area contributed by atoms with Crippen molar-refractivity contribution in [2.75, 3.05) is 0 Å². The molecule has 3 unspecified atom stereocenters. The van der Waals surface area contributed by atoms with E-state index in [1.165, 1.54) is 25.7 Å². The predicted octanol–water partition coefficient (Wildman–Crippen LogP) is 5.29. The van der Waals surface area contributed by atoms with Crippen molar-refractivity contribution in [3.05, 3.63) is 35.4 Å². The molecule has 0 amide bonds. The Morgan fingerprint density at radius 3 is 2.10 bits per heavy atom. The molecule has 1 aromatic carbocycles. The first-order chi connectivity index (χ1) is 9.47. The molecule has 0 radical (unpaired) electrons. The van der Waals surface area contributed by atoms with Gasteiger partial charge in [0.25, 0.3) is 0 Å². The van der Waals surface area contributed by atoms with E-state index in [2.05, 4.69) is 0 Å². The minimum Gasteiger partial charge on any atom is -0.166 e. The highest BCUT2D eigenvalue weighted by atomic mass is 35.5. The van der Waals surface area contributed by atoms with E-state index < -0.39 is 11.7 Å². The zero-order chi connectivity index (χ0) is 14.3. The zero-order valence-corrected chi connectivity index (χ0v) is 11.9. The van der Waals surface area contributed by atoms with E-state index in [4.69, 9.17) is 11.6 Å². The topological polar surface area (TPSA) is 0 Å². The maximum Gasteiger partial charge on any atom is 0.416 e. The molecule has 0 N–H and O–H groups in total. The second-order valence-electron chi connectivity index (χ2n) is 6.10. The lowest BCUT2D eigenvalue weighted by Crippen LogP contribution is -2.09. The van der Waals surface area contributed by atoms with Gasteiger partial charge in [-0.25, -0.2) is 0 Å². The Morgan fingerprint density at radius 2 is 1.60 bits per heavy atom. The van der Waals surface area contributed by atoms with E-state index in [9.17, 15) is 13.2 Å². The summed E-state index contributed by atoms with van der Waals surface area (Å²) in [6, 6.07) is 5.42. The van der Waals surface area contributed by atoms with Crippen LogP contribution in [-0.4, -0.2) is 5.38 Å². The quantitative estimate of drug-likeness (QED) is 0.665. The average molecular weight is 303 g/mol. The van der Waals surface area contributed by atoms with Crippen molar-refractivity contribution in [2.24, 2.45) is 17.8 Å². The molecule has 0 spiro atoms. The fourth-order valence-electron chi connectivity index (χ4n) is 3.78.